The molecule has 2 heterocycles. The Kier molecular flexibility index (Phi) is 3.23. The summed E-state index contributed by atoms with van der Waals surface area (Å²) >= 11 is 0. The second-order valence-corrected chi connectivity index (χ2v) is 5.57. The van der Waals surface area contributed by atoms with E-state index >= 15 is 0 Å². The van der Waals surface area contributed by atoms with Crippen LogP contribution in [0.3, 0.4) is 0 Å². The third-order valence-corrected chi connectivity index (χ3v) is 3.58. The largest absolute Gasteiger partial charge is 0.322 e. The summed E-state index contributed by atoms with van der Waals surface area (Å²) in [6, 6.07) is 2.26. The van der Waals surface area contributed by atoms with Crippen molar-refractivity contribution in [3.05, 3.63) is 28.6 Å². The lowest BCUT2D eigenvalue weighted by molar-refractivity contribution is 0.265. The van der Waals surface area contributed by atoms with Crippen molar-refractivity contribution in [2.24, 2.45) is 5.73 Å². The van der Waals surface area contributed by atoms with Gasteiger partial charge in [0.2, 0.25) is 0 Å². The quantitative estimate of drug-likeness (QED) is 0.849. The Bertz CT molecular complexity index is 418. The maximum Gasteiger partial charge on any atom is 0.0464 e. The standard InChI is InChI=1S/C14H23N3/c1-5-17-7-6-13-11(9-17)8-12(10(2)16-13)14(3,4)15/h8H,5-7,9,15H2,1-4H3. The fourth-order valence-electron chi connectivity index (χ4n) is 2.56. The number of likely N-dealkylation sites (N-methyl/N-ethyl adjacent to an activating group) is 1. The molecule has 0 atom stereocenters. The van der Waals surface area contributed by atoms with Gasteiger partial charge in [-0.25, -0.2) is 0 Å². The average molecular weight is 233 g/mol. The topological polar surface area (TPSA) is 42.2 Å². The van der Waals surface area contributed by atoms with Gasteiger partial charge >= 0.3 is 0 Å². The zero-order valence-corrected chi connectivity index (χ0v) is 11.4. The maximum atomic E-state index is 6.20. The number of nitrogens with zero attached hydrogens (tertiary/aromatic N) is 2. The Balaban J connectivity index is 2.41. The van der Waals surface area contributed by atoms with E-state index < -0.39 is 0 Å². The molecule has 1 aromatic heterocycles. The number of aryl methyl sites for hydroxylation is 1. The molecule has 17 heavy (non-hydrogen) atoms. The second-order valence-electron chi connectivity index (χ2n) is 5.57. The van der Waals surface area contributed by atoms with Crippen molar-refractivity contribution >= 4 is 0 Å². The highest BCUT2D eigenvalue weighted by molar-refractivity contribution is 5.35. The molecule has 0 fully saturated rings. The van der Waals surface area contributed by atoms with Crippen LogP contribution in [-0.4, -0.2) is 23.0 Å². The van der Waals surface area contributed by atoms with Gasteiger partial charge in [0.15, 0.2) is 0 Å². The number of hydrogen-bond donors (Lipinski definition) is 1. The summed E-state index contributed by atoms with van der Waals surface area (Å²) in [5.41, 5.74) is 10.8. The van der Waals surface area contributed by atoms with E-state index in [1.165, 1.54) is 16.8 Å². The molecule has 0 bridgehead atoms. The summed E-state index contributed by atoms with van der Waals surface area (Å²) in [5, 5.41) is 0. The van der Waals surface area contributed by atoms with Gasteiger partial charge in [0, 0.05) is 36.4 Å². The molecule has 0 spiro atoms. The normalized spacial score (nSPS) is 17.0. The molecule has 3 nitrogen and oxygen atoms in total. The van der Waals surface area contributed by atoms with Crippen molar-refractivity contribution in [2.45, 2.75) is 46.2 Å². The van der Waals surface area contributed by atoms with Crippen LogP contribution in [0.2, 0.25) is 0 Å². The molecule has 0 aliphatic carbocycles. The Hall–Kier alpha value is -0.930. The fourth-order valence-corrected chi connectivity index (χ4v) is 2.56. The van der Waals surface area contributed by atoms with Gasteiger partial charge in [0.25, 0.3) is 0 Å². The maximum absolute atomic E-state index is 6.20. The summed E-state index contributed by atoms with van der Waals surface area (Å²) in [6.45, 7) is 11.6. The molecule has 1 aliphatic rings. The highest BCUT2D eigenvalue weighted by Crippen LogP contribution is 2.25. The van der Waals surface area contributed by atoms with E-state index in [-0.39, 0.29) is 5.54 Å². The third kappa shape index (κ3) is 2.50. The minimum absolute atomic E-state index is 0.305. The molecule has 0 saturated carbocycles. The van der Waals surface area contributed by atoms with E-state index in [1.807, 2.05) is 13.8 Å². The Morgan fingerprint density at radius 1 is 1.47 bits per heavy atom. The van der Waals surface area contributed by atoms with Gasteiger partial charge in [-0.15, -0.1) is 0 Å². The van der Waals surface area contributed by atoms with Crippen LogP contribution in [0.5, 0.6) is 0 Å². The highest BCUT2D eigenvalue weighted by atomic mass is 15.1. The molecule has 0 aromatic carbocycles. The minimum Gasteiger partial charge on any atom is -0.322 e. The summed E-state index contributed by atoms with van der Waals surface area (Å²) in [4.78, 5) is 7.19. The van der Waals surface area contributed by atoms with Crippen molar-refractivity contribution in [1.29, 1.82) is 0 Å². The number of aromatic nitrogens is 1. The van der Waals surface area contributed by atoms with Crippen LogP contribution in [0.1, 0.15) is 43.3 Å². The van der Waals surface area contributed by atoms with Crippen LogP contribution in [0.4, 0.5) is 0 Å². The Labute approximate surface area is 104 Å². The summed E-state index contributed by atoms with van der Waals surface area (Å²) in [6.07, 6.45) is 1.06. The Morgan fingerprint density at radius 3 is 2.76 bits per heavy atom. The zero-order valence-electron chi connectivity index (χ0n) is 11.4. The predicted molar refractivity (Wildman–Crippen MR) is 70.8 cm³/mol. The van der Waals surface area contributed by atoms with Crippen LogP contribution in [0.15, 0.2) is 6.07 Å². The second kappa shape index (κ2) is 4.39. The van der Waals surface area contributed by atoms with Crippen molar-refractivity contribution in [3.63, 3.8) is 0 Å². The lowest BCUT2D eigenvalue weighted by Crippen LogP contribution is -2.34. The van der Waals surface area contributed by atoms with Crippen molar-refractivity contribution in [2.75, 3.05) is 13.1 Å². The number of hydrogen-bond acceptors (Lipinski definition) is 3. The van der Waals surface area contributed by atoms with E-state index in [1.54, 1.807) is 0 Å². The molecule has 0 amide bonds. The number of fused-ring (bicyclic) bond motifs is 1. The molecule has 1 aliphatic heterocycles. The van der Waals surface area contributed by atoms with E-state index in [4.69, 9.17) is 10.7 Å². The summed E-state index contributed by atoms with van der Waals surface area (Å²) in [5.74, 6) is 0. The van der Waals surface area contributed by atoms with Crippen LogP contribution in [0, 0.1) is 6.92 Å². The number of nitrogens with two attached hydrogens (primary N) is 1. The average Bonchev–Trinajstić information content (AvgIpc) is 2.26. The van der Waals surface area contributed by atoms with Gasteiger partial charge in [0.1, 0.15) is 0 Å². The lowest BCUT2D eigenvalue weighted by Gasteiger charge is -2.30. The van der Waals surface area contributed by atoms with Crippen LogP contribution in [0.25, 0.3) is 0 Å². The predicted octanol–water partition coefficient (Wildman–Crippen LogP) is 1.96. The van der Waals surface area contributed by atoms with Gasteiger partial charge in [-0.2, -0.15) is 0 Å². The number of pyridine rings is 1. The Morgan fingerprint density at radius 2 is 2.18 bits per heavy atom. The summed E-state index contributed by atoms with van der Waals surface area (Å²) < 4.78 is 0. The van der Waals surface area contributed by atoms with Crippen LogP contribution < -0.4 is 5.73 Å². The van der Waals surface area contributed by atoms with Crippen molar-refractivity contribution < 1.29 is 0 Å². The monoisotopic (exact) mass is 233 g/mol. The molecular formula is C14H23N3. The SMILES string of the molecule is CCN1CCc2nc(C)c(C(C)(C)N)cc2C1. The van der Waals surface area contributed by atoms with Crippen LogP contribution >= 0.6 is 0 Å². The van der Waals surface area contributed by atoms with E-state index in [0.717, 1.165) is 31.7 Å². The third-order valence-electron chi connectivity index (χ3n) is 3.58. The van der Waals surface area contributed by atoms with E-state index in [0.29, 0.717) is 0 Å². The first-order valence-electron chi connectivity index (χ1n) is 6.43. The van der Waals surface area contributed by atoms with Gasteiger partial charge in [-0.3, -0.25) is 9.88 Å². The van der Waals surface area contributed by atoms with Crippen molar-refractivity contribution in [3.8, 4) is 0 Å². The smallest absolute Gasteiger partial charge is 0.0464 e. The van der Waals surface area contributed by atoms with E-state index in [2.05, 4.69) is 24.8 Å². The molecule has 2 N–H and O–H groups in total. The van der Waals surface area contributed by atoms with Gasteiger partial charge in [-0.05, 0) is 44.5 Å². The van der Waals surface area contributed by atoms with Crippen LogP contribution in [-0.2, 0) is 18.5 Å². The molecule has 0 unspecified atom stereocenters. The molecule has 0 saturated heterocycles. The zero-order chi connectivity index (χ0) is 12.6. The van der Waals surface area contributed by atoms with E-state index in [9.17, 15) is 0 Å². The first kappa shape index (κ1) is 12.5. The first-order valence-corrected chi connectivity index (χ1v) is 6.43. The molecule has 0 radical (unpaired) electrons. The molecule has 2 rings (SSSR count). The molecule has 3 heteroatoms. The molecule has 94 valence electrons. The van der Waals surface area contributed by atoms with Crippen molar-refractivity contribution in [1.82, 2.24) is 9.88 Å². The molecule has 1 aromatic rings. The highest BCUT2D eigenvalue weighted by Gasteiger charge is 2.23. The molecular weight excluding hydrogens is 210 g/mol. The van der Waals surface area contributed by atoms with Gasteiger partial charge in [-0.1, -0.05) is 6.92 Å². The minimum atomic E-state index is -0.305. The summed E-state index contributed by atoms with van der Waals surface area (Å²) in [7, 11) is 0. The fraction of sp³-hybridized carbons (Fsp3) is 0.643. The number of rotatable bonds is 2. The van der Waals surface area contributed by atoms with Gasteiger partial charge < -0.3 is 5.73 Å². The first-order chi connectivity index (χ1) is 7.91. The van der Waals surface area contributed by atoms with Gasteiger partial charge in [0.05, 0.1) is 0 Å². The lowest BCUT2D eigenvalue weighted by atomic mass is 9.91.